The first-order valence-electron chi connectivity index (χ1n) is 10.8. The number of hydrogen-bond donors (Lipinski definition) is 3. The van der Waals surface area contributed by atoms with Gasteiger partial charge in [0.25, 0.3) is 0 Å². The number of piperidine rings is 1. The number of benzene rings is 2. The maximum absolute atomic E-state index is 11.3. The summed E-state index contributed by atoms with van der Waals surface area (Å²) in [7, 11) is -1.90. The summed E-state index contributed by atoms with van der Waals surface area (Å²) in [6, 6.07) is 15.4. The van der Waals surface area contributed by atoms with Crippen LogP contribution >= 0.6 is 0 Å². The Balaban J connectivity index is 1.40. The van der Waals surface area contributed by atoms with Crippen LogP contribution in [0.15, 0.2) is 58.4 Å². The second kappa shape index (κ2) is 11.3. The van der Waals surface area contributed by atoms with Crippen molar-refractivity contribution in [1.29, 1.82) is 0 Å². The van der Waals surface area contributed by atoms with Gasteiger partial charge in [-0.1, -0.05) is 42.8 Å². The van der Waals surface area contributed by atoms with Crippen LogP contribution in [0.5, 0.6) is 0 Å². The van der Waals surface area contributed by atoms with Gasteiger partial charge in [0.15, 0.2) is 5.96 Å². The van der Waals surface area contributed by atoms with Crippen molar-refractivity contribution in [2.45, 2.75) is 43.7 Å². The number of rotatable bonds is 8. The van der Waals surface area contributed by atoms with Gasteiger partial charge in [-0.2, -0.15) is 0 Å². The molecule has 0 spiro atoms. The number of hydrogen-bond acceptors (Lipinski definition) is 4. The van der Waals surface area contributed by atoms with E-state index in [4.69, 9.17) is 5.14 Å². The average Bonchev–Trinajstić information content (AvgIpc) is 2.77. The highest BCUT2D eigenvalue weighted by Crippen LogP contribution is 2.13. The number of nitrogens with zero attached hydrogens (tertiary/aromatic N) is 2. The van der Waals surface area contributed by atoms with Crippen molar-refractivity contribution in [2.75, 3.05) is 26.7 Å². The van der Waals surface area contributed by atoms with Crippen molar-refractivity contribution in [3.63, 3.8) is 0 Å². The maximum Gasteiger partial charge on any atom is 0.238 e. The SMILES string of the molecule is CN=C(NCCc1ccc(S(N)(=O)=O)cc1)NCc1ccc(CN2CCCCC2)cc1. The molecule has 168 valence electrons. The zero-order chi connectivity index (χ0) is 22.1. The Morgan fingerprint density at radius 1 is 0.935 bits per heavy atom. The summed E-state index contributed by atoms with van der Waals surface area (Å²) in [5.74, 6) is 0.735. The number of likely N-dealkylation sites (tertiary alicyclic amines) is 1. The second-order valence-electron chi connectivity index (χ2n) is 7.94. The monoisotopic (exact) mass is 443 g/mol. The summed E-state index contributed by atoms with van der Waals surface area (Å²) >= 11 is 0. The molecule has 2 aromatic rings. The third kappa shape index (κ3) is 7.65. The average molecular weight is 444 g/mol. The Bertz CT molecular complexity index is 950. The van der Waals surface area contributed by atoms with E-state index in [9.17, 15) is 8.42 Å². The van der Waals surface area contributed by atoms with Gasteiger partial charge in [-0.25, -0.2) is 13.6 Å². The Morgan fingerprint density at radius 2 is 1.55 bits per heavy atom. The van der Waals surface area contributed by atoms with E-state index < -0.39 is 10.0 Å². The molecular weight excluding hydrogens is 410 g/mol. The summed E-state index contributed by atoms with van der Waals surface area (Å²) in [6.07, 6.45) is 4.74. The molecule has 4 N–H and O–H groups in total. The predicted octanol–water partition coefficient (Wildman–Crippen LogP) is 2.23. The van der Waals surface area contributed by atoms with Gasteiger partial charge in [0, 0.05) is 26.7 Å². The molecule has 0 amide bonds. The van der Waals surface area contributed by atoms with Crippen molar-refractivity contribution in [1.82, 2.24) is 15.5 Å². The molecular formula is C23H33N5O2S. The van der Waals surface area contributed by atoms with Crippen molar-refractivity contribution in [2.24, 2.45) is 10.1 Å². The van der Waals surface area contributed by atoms with Gasteiger partial charge in [0.05, 0.1) is 4.90 Å². The van der Waals surface area contributed by atoms with Crippen LogP contribution in [-0.4, -0.2) is 46.0 Å². The Morgan fingerprint density at radius 3 is 2.16 bits per heavy atom. The van der Waals surface area contributed by atoms with E-state index in [1.807, 2.05) is 0 Å². The number of nitrogens with one attached hydrogen (secondary N) is 2. The van der Waals surface area contributed by atoms with Gasteiger partial charge >= 0.3 is 0 Å². The van der Waals surface area contributed by atoms with E-state index in [0.29, 0.717) is 13.1 Å². The predicted molar refractivity (Wildman–Crippen MR) is 125 cm³/mol. The van der Waals surface area contributed by atoms with Crippen molar-refractivity contribution < 1.29 is 8.42 Å². The topological polar surface area (TPSA) is 99.8 Å². The largest absolute Gasteiger partial charge is 0.356 e. The van der Waals surface area contributed by atoms with Crippen molar-refractivity contribution >= 4 is 16.0 Å². The molecule has 1 aliphatic heterocycles. The molecule has 0 atom stereocenters. The number of guanidine groups is 1. The number of nitrogens with two attached hydrogens (primary N) is 1. The molecule has 0 aromatic heterocycles. The van der Waals surface area contributed by atoms with E-state index in [1.165, 1.54) is 55.6 Å². The first kappa shape index (κ1) is 23.2. The molecule has 7 nitrogen and oxygen atoms in total. The van der Waals surface area contributed by atoms with Crippen LogP contribution in [0.1, 0.15) is 36.0 Å². The molecule has 1 aliphatic rings. The van der Waals surface area contributed by atoms with Gasteiger partial charge in [0.1, 0.15) is 0 Å². The second-order valence-corrected chi connectivity index (χ2v) is 9.51. The number of primary sulfonamides is 1. The lowest BCUT2D eigenvalue weighted by molar-refractivity contribution is 0.221. The van der Waals surface area contributed by atoms with Gasteiger partial charge in [-0.15, -0.1) is 0 Å². The minimum atomic E-state index is -3.65. The molecule has 0 saturated carbocycles. The molecule has 31 heavy (non-hydrogen) atoms. The highest BCUT2D eigenvalue weighted by molar-refractivity contribution is 7.89. The molecule has 8 heteroatoms. The lowest BCUT2D eigenvalue weighted by Crippen LogP contribution is -2.37. The normalized spacial score (nSPS) is 15.6. The Kier molecular flexibility index (Phi) is 8.45. The van der Waals surface area contributed by atoms with Crippen molar-refractivity contribution in [3.05, 3.63) is 65.2 Å². The summed E-state index contributed by atoms with van der Waals surface area (Å²) < 4.78 is 22.6. The molecule has 0 radical (unpaired) electrons. The van der Waals surface area contributed by atoms with E-state index >= 15 is 0 Å². The Labute approximate surface area is 185 Å². The molecule has 0 aliphatic carbocycles. The van der Waals surface area contributed by atoms with Crippen molar-refractivity contribution in [3.8, 4) is 0 Å². The van der Waals surface area contributed by atoms with Crippen LogP contribution in [0.2, 0.25) is 0 Å². The van der Waals surface area contributed by atoms with E-state index in [0.717, 1.165) is 24.5 Å². The maximum atomic E-state index is 11.3. The van der Waals surface area contributed by atoms with Gasteiger partial charge in [0.2, 0.25) is 10.0 Å². The van der Waals surface area contributed by atoms with Gasteiger partial charge < -0.3 is 10.6 Å². The van der Waals surface area contributed by atoms with Crippen LogP contribution < -0.4 is 15.8 Å². The van der Waals surface area contributed by atoms with Crippen LogP contribution in [0, 0.1) is 0 Å². The standard InChI is InChI=1S/C23H33N5O2S/c1-25-23(26-14-13-19-9-11-22(12-10-19)31(24,29)30)27-17-20-5-7-21(8-6-20)18-28-15-3-2-4-16-28/h5-12H,2-4,13-18H2,1H3,(H2,24,29,30)(H2,25,26,27). The fourth-order valence-corrected chi connectivity index (χ4v) is 4.23. The summed E-state index contributed by atoms with van der Waals surface area (Å²) in [5, 5.41) is 11.8. The first-order valence-corrected chi connectivity index (χ1v) is 12.3. The summed E-state index contributed by atoms with van der Waals surface area (Å²) in [6.45, 7) is 4.84. The summed E-state index contributed by atoms with van der Waals surface area (Å²) in [5.41, 5.74) is 3.60. The zero-order valence-electron chi connectivity index (χ0n) is 18.2. The van der Waals surface area contributed by atoms with E-state index in [-0.39, 0.29) is 4.90 Å². The Hall–Kier alpha value is -2.42. The fourth-order valence-electron chi connectivity index (χ4n) is 3.72. The van der Waals surface area contributed by atoms with Gasteiger partial charge in [-0.05, 0) is 61.2 Å². The lowest BCUT2D eigenvalue weighted by atomic mass is 10.1. The molecule has 2 aromatic carbocycles. The van der Waals surface area contributed by atoms with Crippen LogP contribution in [-0.2, 0) is 29.5 Å². The number of aliphatic imine (C=N–C) groups is 1. The smallest absolute Gasteiger partial charge is 0.238 e. The zero-order valence-corrected chi connectivity index (χ0v) is 19.0. The third-order valence-electron chi connectivity index (χ3n) is 5.52. The minimum Gasteiger partial charge on any atom is -0.356 e. The lowest BCUT2D eigenvalue weighted by Gasteiger charge is -2.26. The highest BCUT2D eigenvalue weighted by atomic mass is 32.2. The molecule has 1 heterocycles. The summed E-state index contributed by atoms with van der Waals surface area (Å²) in [4.78, 5) is 6.93. The quantitative estimate of drug-likeness (QED) is 0.429. The molecule has 1 saturated heterocycles. The molecule has 0 unspecified atom stereocenters. The molecule has 3 rings (SSSR count). The van der Waals surface area contributed by atoms with E-state index in [2.05, 4.69) is 44.8 Å². The first-order chi connectivity index (χ1) is 14.9. The fraction of sp³-hybridized carbons (Fsp3) is 0.435. The van der Waals surface area contributed by atoms with Gasteiger partial charge in [-0.3, -0.25) is 9.89 Å². The van der Waals surface area contributed by atoms with Crippen LogP contribution in [0.3, 0.4) is 0 Å². The third-order valence-corrected chi connectivity index (χ3v) is 6.45. The molecule has 1 fully saturated rings. The molecule has 0 bridgehead atoms. The number of sulfonamides is 1. The van der Waals surface area contributed by atoms with Crippen LogP contribution in [0.25, 0.3) is 0 Å². The van der Waals surface area contributed by atoms with E-state index in [1.54, 1.807) is 19.2 Å². The van der Waals surface area contributed by atoms with Crippen LogP contribution in [0.4, 0.5) is 0 Å². The minimum absolute atomic E-state index is 0.128. The highest BCUT2D eigenvalue weighted by Gasteiger charge is 2.10.